The third-order valence-corrected chi connectivity index (χ3v) is 4.71. The molecule has 0 saturated carbocycles. The first-order valence-electron chi connectivity index (χ1n) is 13.4. The lowest BCUT2D eigenvalue weighted by molar-refractivity contribution is -0.160. The molecule has 11 nitrogen and oxygen atoms in total. The van der Waals surface area contributed by atoms with Crippen LogP contribution >= 0.6 is 0 Å². The van der Waals surface area contributed by atoms with Crippen molar-refractivity contribution in [2.24, 2.45) is 0 Å². The van der Waals surface area contributed by atoms with Gasteiger partial charge in [-0.1, -0.05) is 0 Å². The summed E-state index contributed by atoms with van der Waals surface area (Å²) in [5, 5.41) is 0. The first-order chi connectivity index (χ1) is 20.4. The van der Waals surface area contributed by atoms with Crippen molar-refractivity contribution in [3.8, 4) is 5.75 Å². The van der Waals surface area contributed by atoms with Gasteiger partial charge >= 0.3 is 11.9 Å². The van der Waals surface area contributed by atoms with Crippen molar-refractivity contribution in [1.82, 2.24) is 0 Å². The highest BCUT2D eigenvalue weighted by Gasteiger charge is 2.28. The number of hydrogen-bond donors (Lipinski definition) is 0. The minimum atomic E-state index is -2.35. The number of hydrogen-bond acceptors (Lipinski definition) is 11. The van der Waals surface area contributed by atoms with E-state index in [0.717, 1.165) is 0 Å². The van der Waals surface area contributed by atoms with Crippen molar-refractivity contribution in [3.63, 3.8) is 0 Å². The molecule has 0 spiro atoms. The molecule has 0 radical (unpaired) electrons. The predicted octanol–water partition coefficient (Wildman–Crippen LogP) is 3.14. The molecule has 0 fully saturated rings. The van der Waals surface area contributed by atoms with Crippen molar-refractivity contribution >= 4 is 11.9 Å². The van der Waals surface area contributed by atoms with Gasteiger partial charge in [-0.2, -0.15) is 8.78 Å². The molecule has 43 heavy (non-hydrogen) atoms. The van der Waals surface area contributed by atoms with E-state index in [4.69, 9.17) is 37.9 Å². The van der Waals surface area contributed by atoms with E-state index in [2.05, 4.69) is 4.74 Å². The molecule has 0 bridgehead atoms. The van der Waals surface area contributed by atoms with E-state index in [1.54, 1.807) is 20.8 Å². The van der Waals surface area contributed by atoms with Gasteiger partial charge in [0.2, 0.25) is 34.8 Å². The smallest absolute Gasteiger partial charge is 0.332 e. The second-order valence-corrected chi connectivity index (χ2v) is 9.44. The number of benzene rings is 1. The molecule has 248 valence electrons. The molecule has 1 rings (SSSR count). The summed E-state index contributed by atoms with van der Waals surface area (Å²) in [4.78, 5) is 23.1. The second-order valence-electron chi connectivity index (χ2n) is 9.44. The Bertz CT molecular complexity index is 931. The number of carbonyl (C=O) groups excluding carboxylic acids is 2. The molecule has 0 atom stereocenters. The van der Waals surface area contributed by atoms with Gasteiger partial charge < -0.3 is 42.6 Å². The quantitative estimate of drug-likeness (QED) is 0.0417. The van der Waals surface area contributed by atoms with E-state index in [0.29, 0.717) is 52.9 Å². The highest BCUT2D eigenvalue weighted by Crippen LogP contribution is 2.29. The van der Waals surface area contributed by atoms with Gasteiger partial charge in [0.15, 0.2) is 0 Å². The van der Waals surface area contributed by atoms with Crippen LogP contribution in [0.3, 0.4) is 0 Å². The molecule has 0 aromatic heterocycles. The lowest BCUT2D eigenvalue weighted by Crippen LogP contribution is -2.27. The molecule has 1 aromatic rings. The van der Waals surface area contributed by atoms with E-state index in [1.165, 1.54) is 0 Å². The van der Waals surface area contributed by atoms with Crippen molar-refractivity contribution in [3.05, 3.63) is 29.1 Å². The lowest BCUT2D eigenvalue weighted by atomic mass is 10.2. The molecular weight excluding hydrogens is 595 g/mol. The number of halogens is 5. The minimum absolute atomic E-state index is 0.0752. The summed E-state index contributed by atoms with van der Waals surface area (Å²) in [7, 11) is 0. The van der Waals surface area contributed by atoms with Crippen LogP contribution in [0.15, 0.2) is 0 Å². The molecule has 0 aliphatic carbocycles. The van der Waals surface area contributed by atoms with E-state index in [-0.39, 0.29) is 39.6 Å². The van der Waals surface area contributed by atoms with Crippen LogP contribution in [0.25, 0.3) is 0 Å². The highest BCUT2D eigenvalue weighted by molar-refractivity contribution is 5.72. The normalized spacial score (nSPS) is 11.6. The predicted molar refractivity (Wildman–Crippen MR) is 138 cm³/mol. The topological polar surface area (TPSA) is 117 Å². The van der Waals surface area contributed by atoms with Crippen molar-refractivity contribution in [2.45, 2.75) is 32.8 Å². The van der Waals surface area contributed by atoms with E-state index in [9.17, 15) is 31.5 Å². The Kier molecular flexibility index (Phi) is 19.8. The van der Waals surface area contributed by atoms with Crippen molar-refractivity contribution in [1.29, 1.82) is 0 Å². The van der Waals surface area contributed by atoms with Gasteiger partial charge in [-0.25, -0.2) is 18.0 Å². The van der Waals surface area contributed by atoms with Gasteiger partial charge in [-0.05, 0) is 20.8 Å². The lowest BCUT2D eigenvalue weighted by Gasteiger charge is -2.19. The maximum absolute atomic E-state index is 13.5. The Morgan fingerprint density at radius 3 is 1.19 bits per heavy atom. The summed E-state index contributed by atoms with van der Waals surface area (Å²) in [6.45, 7) is 8.61. The summed E-state index contributed by atoms with van der Waals surface area (Å²) in [5.41, 5.74) is -0.546. The molecule has 0 aliphatic heterocycles. The van der Waals surface area contributed by atoms with Crippen LogP contribution in [0.1, 0.15) is 27.2 Å². The van der Waals surface area contributed by atoms with Gasteiger partial charge in [-0.3, -0.25) is 4.79 Å². The average Bonchev–Trinajstić information content (AvgIpc) is 2.95. The van der Waals surface area contributed by atoms with Gasteiger partial charge in [0.05, 0.1) is 92.3 Å². The number of ether oxygens (including phenoxy) is 9. The fourth-order valence-electron chi connectivity index (χ4n) is 2.84. The fraction of sp³-hybridized carbons (Fsp3) is 0.704. The maximum Gasteiger partial charge on any atom is 0.332 e. The largest absolute Gasteiger partial charge is 0.458 e. The second kappa shape index (κ2) is 22.1. The fourth-order valence-corrected chi connectivity index (χ4v) is 2.84. The molecule has 0 N–H and O–H groups in total. The van der Waals surface area contributed by atoms with Crippen molar-refractivity contribution < 1.29 is 74.2 Å². The first-order valence-corrected chi connectivity index (χ1v) is 13.4. The molecule has 1 aromatic carbocycles. The van der Waals surface area contributed by atoms with Crippen LogP contribution in [0.5, 0.6) is 5.75 Å². The standard InChI is InChI=1S/C27H39F5O11/c1-27(2,3)43-20(34)18-41-17-16-40-15-14-39-13-12-38-11-10-37-9-8-36-7-6-35-5-4-19(33)42-26-24(31)22(29)21(28)23(30)25(26)32/h4-18H2,1-3H3. The van der Waals surface area contributed by atoms with Crippen LogP contribution in [-0.2, 0) is 47.5 Å². The van der Waals surface area contributed by atoms with E-state index in [1.807, 2.05) is 0 Å². The maximum atomic E-state index is 13.5. The van der Waals surface area contributed by atoms with Gasteiger partial charge in [-0.15, -0.1) is 0 Å². The molecule has 0 saturated heterocycles. The minimum Gasteiger partial charge on any atom is -0.458 e. The Morgan fingerprint density at radius 2 is 0.814 bits per heavy atom. The van der Waals surface area contributed by atoms with Crippen LogP contribution < -0.4 is 4.74 Å². The summed E-state index contributed by atoms with van der Waals surface area (Å²) in [5.74, 6) is -14.6. The first kappa shape index (κ1) is 38.6. The van der Waals surface area contributed by atoms with E-state index < -0.39 is 58.8 Å². The van der Waals surface area contributed by atoms with Crippen molar-refractivity contribution in [2.75, 3.05) is 92.5 Å². The van der Waals surface area contributed by atoms with Crippen LogP contribution in [-0.4, -0.2) is 110 Å². The third kappa shape index (κ3) is 18.1. The van der Waals surface area contributed by atoms with Gasteiger partial charge in [0.25, 0.3) is 0 Å². The summed E-state index contributed by atoms with van der Waals surface area (Å²) in [6, 6.07) is 0. The summed E-state index contributed by atoms with van der Waals surface area (Å²) < 4.78 is 113. The number of carbonyl (C=O) groups is 2. The zero-order valence-electron chi connectivity index (χ0n) is 24.5. The summed E-state index contributed by atoms with van der Waals surface area (Å²) in [6.07, 6.45) is -0.491. The Hall–Kier alpha value is -2.47. The Balaban J connectivity index is 1.85. The SMILES string of the molecule is CC(C)(C)OC(=O)COCCOCCOCCOCCOCCOCCOCCC(=O)Oc1c(F)c(F)c(F)c(F)c1F. The molecular formula is C27H39F5O11. The Morgan fingerprint density at radius 1 is 0.488 bits per heavy atom. The molecule has 16 heteroatoms. The van der Waals surface area contributed by atoms with Crippen LogP contribution in [0.2, 0.25) is 0 Å². The van der Waals surface area contributed by atoms with Crippen LogP contribution in [0.4, 0.5) is 22.0 Å². The van der Waals surface area contributed by atoms with Gasteiger partial charge in [0.1, 0.15) is 12.2 Å². The van der Waals surface area contributed by atoms with E-state index >= 15 is 0 Å². The van der Waals surface area contributed by atoms with Gasteiger partial charge in [0, 0.05) is 0 Å². The molecule has 0 unspecified atom stereocenters. The highest BCUT2D eigenvalue weighted by atomic mass is 19.2. The summed E-state index contributed by atoms with van der Waals surface area (Å²) >= 11 is 0. The molecule has 0 heterocycles. The third-order valence-electron chi connectivity index (χ3n) is 4.71. The average molecular weight is 635 g/mol. The number of rotatable bonds is 24. The number of esters is 2. The molecule has 0 amide bonds. The monoisotopic (exact) mass is 634 g/mol. The molecule has 0 aliphatic rings. The zero-order valence-corrected chi connectivity index (χ0v) is 24.5. The van der Waals surface area contributed by atoms with Crippen LogP contribution in [0, 0.1) is 29.1 Å². The Labute approximate surface area is 246 Å². The zero-order chi connectivity index (χ0) is 32.1.